The number of amides is 4. The van der Waals surface area contributed by atoms with Crippen molar-refractivity contribution in [1.29, 1.82) is 0 Å². The van der Waals surface area contributed by atoms with Gasteiger partial charge in [0.2, 0.25) is 17.7 Å². The average Bonchev–Trinajstić information content (AvgIpc) is 0.886. The molecule has 1 aromatic rings. The van der Waals surface area contributed by atoms with E-state index in [1.54, 1.807) is 30.3 Å². The van der Waals surface area contributed by atoms with Crippen molar-refractivity contribution in [2.75, 3.05) is 159 Å². The molecular formula is C60H92N4O35. The topological polar surface area (TPSA) is 572 Å². The number of carbonyl (C=O) groups excluding carboxylic acids is 4. The fraction of sp³-hybridized carbons (Fsp3) is 0.683. The monoisotopic (exact) mass is 1430 g/mol. The van der Waals surface area contributed by atoms with Crippen LogP contribution in [0.1, 0.15) is 82.6 Å². The summed E-state index contributed by atoms with van der Waals surface area (Å²) in [6.45, 7) is -11.8. The van der Waals surface area contributed by atoms with Crippen molar-refractivity contribution in [3.05, 3.63) is 35.9 Å². The third-order valence-electron chi connectivity index (χ3n) is 12.9. The molecule has 0 radical (unpaired) electrons. The molecule has 0 fully saturated rings. The van der Waals surface area contributed by atoms with E-state index in [-0.39, 0.29) is 66.1 Å². The predicted molar refractivity (Wildman–Crippen MR) is 329 cm³/mol. The first kappa shape index (κ1) is 88.7. The van der Waals surface area contributed by atoms with Gasteiger partial charge in [0.25, 0.3) is 0 Å². The zero-order valence-corrected chi connectivity index (χ0v) is 54.7. The quantitative estimate of drug-likeness (QED) is 0.0343. The second kappa shape index (κ2) is 51.8. The minimum Gasteiger partial charge on any atom is -0.481 e. The minimum atomic E-state index is -1.94. The molecule has 99 heavy (non-hydrogen) atoms. The van der Waals surface area contributed by atoms with Crippen molar-refractivity contribution in [1.82, 2.24) is 21.3 Å². The molecule has 13 N–H and O–H groups in total. The van der Waals surface area contributed by atoms with Crippen LogP contribution in [0.4, 0.5) is 4.79 Å². The largest absolute Gasteiger partial charge is 0.481 e. The number of aliphatic carboxylic acids is 9. The lowest BCUT2D eigenvalue weighted by atomic mass is 10.0. The first-order valence-electron chi connectivity index (χ1n) is 30.8. The molecule has 0 saturated carbocycles. The van der Waals surface area contributed by atoms with Gasteiger partial charge in [0, 0.05) is 19.3 Å². The van der Waals surface area contributed by atoms with E-state index in [0.29, 0.717) is 5.56 Å². The highest BCUT2D eigenvalue weighted by Gasteiger charge is 2.39. The molecule has 39 nitrogen and oxygen atoms in total. The SMILES string of the molecule is O=C(O)CCOCC(COCCC(=O)O)(COCCC(=O)O)NC(=O)CCOCC(COCCC(=O)NC(COCCC(=O)O)(COCCC(=O)O)COCCC(=O)O)(COCCC(=O)NC(COCCC(=O)O)(COCCC(=O)O)COCCC(=O)O)NC(=O)OCc1ccccc1. The summed E-state index contributed by atoms with van der Waals surface area (Å²) in [5.74, 6) is -13.6. The van der Waals surface area contributed by atoms with Crippen molar-refractivity contribution in [2.45, 2.75) is 106 Å². The summed E-state index contributed by atoms with van der Waals surface area (Å²) in [4.78, 5) is 158. The molecule has 0 aromatic heterocycles. The summed E-state index contributed by atoms with van der Waals surface area (Å²) in [6.07, 6.45) is -7.10. The van der Waals surface area contributed by atoms with Gasteiger partial charge in [-0.15, -0.1) is 0 Å². The number of alkyl carbamates (subject to hydrolysis) is 1. The Balaban J connectivity index is 3.89. The van der Waals surface area contributed by atoms with Crippen LogP contribution in [0.25, 0.3) is 0 Å². The van der Waals surface area contributed by atoms with Crippen molar-refractivity contribution in [3.8, 4) is 0 Å². The molecule has 4 amide bonds. The van der Waals surface area contributed by atoms with E-state index in [2.05, 4.69) is 21.3 Å². The Morgan fingerprint density at radius 1 is 0.253 bits per heavy atom. The molecule has 0 heterocycles. The predicted octanol–water partition coefficient (Wildman–Crippen LogP) is -1.14. The van der Waals surface area contributed by atoms with Crippen molar-refractivity contribution >= 4 is 77.5 Å². The van der Waals surface area contributed by atoms with E-state index in [1.165, 1.54) is 0 Å². The van der Waals surface area contributed by atoms with Gasteiger partial charge < -0.3 is 129 Å². The van der Waals surface area contributed by atoms with Crippen LogP contribution in [0.15, 0.2) is 30.3 Å². The summed E-state index contributed by atoms with van der Waals surface area (Å²) < 4.78 is 73.7. The molecule has 0 aliphatic carbocycles. The maximum absolute atomic E-state index is 13.9. The van der Waals surface area contributed by atoms with E-state index in [9.17, 15) is 108 Å². The minimum absolute atomic E-state index is 0.308. The zero-order valence-electron chi connectivity index (χ0n) is 54.7. The Kier molecular flexibility index (Phi) is 46.4. The van der Waals surface area contributed by atoms with Gasteiger partial charge in [0.1, 0.15) is 28.8 Å². The first-order valence-corrected chi connectivity index (χ1v) is 30.8. The zero-order chi connectivity index (χ0) is 73.8. The van der Waals surface area contributed by atoms with Gasteiger partial charge in [-0.3, -0.25) is 57.5 Å². The van der Waals surface area contributed by atoms with E-state index in [0.717, 1.165) is 0 Å². The van der Waals surface area contributed by atoms with E-state index in [4.69, 9.17) is 61.6 Å². The normalized spacial score (nSPS) is 11.7. The lowest BCUT2D eigenvalue weighted by Crippen LogP contribution is -2.60. The number of carbonyl (C=O) groups is 13. The van der Waals surface area contributed by atoms with Gasteiger partial charge in [0.15, 0.2) is 0 Å². The molecule has 0 saturated heterocycles. The van der Waals surface area contributed by atoms with Gasteiger partial charge in [-0.25, -0.2) is 4.79 Å². The number of nitrogens with one attached hydrogen (secondary N) is 4. The Labute approximate surface area is 567 Å². The standard InChI is InChI=1S/C60H92N4O35/c65-44(61-57(31-90-21-9-47(68)69,32-91-22-10-48(70)71)33-92-23-11-49(72)73)6-18-87-40-60(64-56(86)99-30-43-4-2-1-3-5-43,41-88-19-7-45(66)62-58(34-93-24-12-50(74)75,35-94-25-13-51(76)77)36-95-26-14-52(78)79)42-89-20-8-46(67)63-59(37-96-27-15-53(80)81,38-97-28-16-54(82)83)39-98-29-17-55(84)85/h1-5H,6-42H2,(H,61,65)(H,62,66)(H,63,67)(H,64,86)(H,68,69)(H,70,71)(H,72,73)(H,74,75)(H,76,77)(H,78,79)(H,80,81)(H,82,83)(H,84,85). The summed E-state index contributed by atoms with van der Waals surface area (Å²) in [6, 6.07) is 8.32. The van der Waals surface area contributed by atoms with Crippen LogP contribution in [0.2, 0.25) is 0 Å². The maximum Gasteiger partial charge on any atom is 0.408 e. The van der Waals surface area contributed by atoms with Crippen LogP contribution < -0.4 is 21.3 Å². The highest BCUT2D eigenvalue weighted by Crippen LogP contribution is 2.17. The van der Waals surface area contributed by atoms with E-state index >= 15 is 0 Å². The molecule has 0 aliphatic heterocycles. The van der Waals surface area contributed by atoms with Crippen LogP contribution in [-0.4, -0.2) is 304 Å². The van der Waals surface area contributed by atoms with Gasteiger partial charge in [-0.1, -0.05) is 30.3 Å². The second-order valence-corrected chi connectivity index (χ2v) is 22.1. The molecule has 0 atom stereocenters. The number of carboxylic acids is 9. The first-order chi connectivity index (χ1) is 47.0. The molecule has 0 aliphatic rings. The fourth-order valence-corrected chi connectivity index (χ4v) is 8.12. The lowest BCUT2D eigenvalue weighted by Gasteiger charge is -2.35. The highest BCUT2D eigenvalue weighted by molar-refractivity contribution is 5.78. The van der Waals surface area contributed by atoms with Crippen LogP contribution in [0.3, 0.4) is 0 Å². The lowest BCUT2D eigenvalue weighted by molar-refractivity contribution is -0.142. The molecule has 0 spiro atoms. The Bertz CT molecular complexity index is 2230. The Hall–Kier alpha value is -8.35. The van der Waals surface area contributed by atoms with Gasteiger partial charge in [-0.05, 0) is 5.56 Å². The molecule has 1 rings (SSSR count). The summed E-state index contributed by atoms with van der Waals surface area (Å²) in [5.41, 5.74) is -6.53. The molecule has 562 valence electrons. The van der Waals surface area contributed by atoms with Crippen molar-refractivity contribution < 1.29 is 170 Å². The third-order valence-corrected chi connectivity index (χ3v) is 12.9. The van der Waals surface area contributed by atoms with Crippen LogP contribution in [-0.2, 0) is 126 Å². The average molecular weight is 1430 g/mol. The third kappa shape index (κ3) is 47.3. The molecule has 0 unspecified atom stereocenters. The van der Waals surface area contributed by atoms with Gasteiger partial charge >= 0.3 is 59.8 Å². The number of benzene rings is 1. The summed E-state index contributed by atoms with van der Waals surface area (Å²) >= 11 is 0. The van der Waals surface area contributed by atoms with Gasteiger partial charge in [0.05, 0.1) is 216 Å². The smallest absolute Gasteiger partial charge is 0.408 e. The van der Waals surface area contributed by atoms with Crippen LogP contribution in [0.5, 0.6) is 0 Å². The number of ether oxygens (including phenoxy) is 13. The second-order valence-electron chi connectivity index (χ2n) is 22.1. The van der Waals surface area contributed by atoms with E-state index in [1.807, 2.05) is 0 Å². The molecule has 39 heteroatoms. The number of carboxylic acid groups (broad SMARTS) is 9. The van der Waals surface area contributed by atoms with Crippen LogP contribution >= 0.6 is 0 Å². The maximum atomic E-state index is 13.9. The highest BCUT2D eigenvalue weighted by atomic mass is 16.6. The fourth-order valence-electron chi connectivity index (χ4n) is 8.12. The molecule has 0 bridgehead atoms. The summed E-state index contributed by atoms with van der Waals surface area (Å²) in [5, 5.41) is 93.7. The van der Waals surface area contributed by atoms with E-state index < -0.39 is 276 Å². The van der Waals surface area contributed by atoms with Crippen molar-refractivity contribution in [2.24, 2.45) is 0 Å². The van der Waals surface area contributed by atoms with Crippen LogP contribution in [0, 0.1) is 0 Å². The number of rotatable bonds is 66. The Morgan fingerprint density at radius 3 is 0.606 bits per heavy atom. The van der Waals surface area contributed by atoms with Gasteiger partial charge in [-0.2, -0.15) is 0 Å². The number of hydrogen-bond acceptors (Lipinski definition) is 26. The molecular weight excluding hydrogens is 1340 g/mol. The summed E-state index contributed by atoms with van der Waals surface area (Å²) in [7, 11) is 0. The Morgan fingerprint density at radius 2 is 0.424 bits per heavy atom. The van der Waals surface area contributed by atoms with Crippen molar-refractivity contribution in [3.63, 3.8) is 0 Å². The number of hydrogen-bond donors (Lipinski definition) is 13. The molecule has 1 aromatic carbocycles.